The molecule has 3 aromatic carbocycles. The van der Waals surface area contributed by atoms with Crippen LogP contribution >= 0.6 is 34.5 Å². The second kappa shape index (κ2) is 8.57. The Morgan fingerprint density at radius 3 is 2.32 bits per heavy atom. The molecule has 0 amide bonds. The maximum atomic E-state index is 6.10. The van der Waals surface area contributed by atoms with Crippen LogP contribution in [0.3, 0.4) is 0 Å². The number of hydrogen-bond donors (Lipinski definition) is 1. The SMILES string of the molecule is Clc1ccc(-c2ccc(C=NNc3nc(-c4ccccc4)cs3)cc2)cc1Cl. The number of aromatic nitrogens is 1. The van der Waals surface area contributed by atoms with Crippen LogP contribution in [0.15, 0.2) is 83.3 Å². The minimum atomic E-state index is 0.548. The van der Waals surface area contributed by atoms with Crippen LogP contribution in [-0.2, 0) is 0 Å². The summed E-state index contributed by atoms with van der Waals surface area (Å²) in [5.74, 6) is 0. The van der Waals surface area contributed by atoms with E-state index < -0.39 is 0 Å². The summed E-state index contributed by atoms with van der Waals surface area (Å²) in [6, 6.07) is 23.7. The average Bonchev–Trinajstić information content (AvgIpc) is 3.20. The van der Waals surface area contributed by atoms with E-state index in [4.69, 9.17) is 23.2 Å². The molecule has 0 unspecified atom stereocenters. The van der Waals surface area contributed by atoms with E-state index in [1.165, 1.54) is 11.3 Å². The van der Waals surface area contributed by atoms with Gasteiger partial charge in [0, 0.05) is 10.9 Å². The summed E-state index contributed by atoms with van der Waals surface area (Å²) in [5, 5.41) is 8.15. The van der Waals surface area contributed by atoms with E-state index >= 15 is 0 Å². The summed E-state index contributed by atoms with van der Waals surface area (Å²) in [7, 11) is 0. The zero-order valence-corrected chi connectivity index (χ0v) is 17.0. The third-order valence-electron chi connectivity index (χ3n) is 4.11. The fraction of sp³-hybridized carbons (Fsp3) is 0. The van der Waals surface area contributed by atoms with Gasteiger partial charge in [-0.05, 0) is 28.8 Å². The van der Waals surface area contributed by atoms with Gasteiger partial charge in [-0.3, -0.25) is 5.43 Å². The Kier molecular flexibility index (Phi) is 5.72. The summed E-state index contributed by atoms with van der Waals surface area (Å²) in [6.07, 6.45) is 1.77. The monoisotopic (exact) mass is 423 g/mol. The number of nitrogens with one attached hydrogen (secondary N) is 1. The minimum Gasteiger partial charge on any atom is -0.253 e. The van der Waals surface area contributed by atoms with E-state index in [9.17, 15) is 0 Å². The first-order valence-corrected chi connectivity index (χ1v) is 10.2. The van der Waals surface area contributed by atoms with Crippen LogP contribution in [0.25, 0.3) is 22.4 Å². The van der Waals surface area contributed by atoms with E-state index in [1.807, 2.05) is 72.1 Å². The molecule has 28 heavy (non-hydrogen) atoms. The van der Waals surface area contributed by atoms with Gasteiger partial charge in [-0.15, -0.1) is 11.3 Å². The fourth-order valence-electron chi connectivity index (χ4n) is 2.67. The van der Waals surface area contributed by atoms with Gasteiger partial charge < -0.3 is 0 Å². The van der Waals surface area contributed by atoms with Crippen LogP contribution in [-0.4, -0.2) is 11.2 Å². The number of anilines is 1. The Hall–Kier alpha value is -2.66. The van der Waals surface area contributed by atoms with Crippen LogP contribution in [0.5, 0.6) is 0 Å². The molecule has 4 aromatic rings. The molecule has 0 bridgehead atoms. The molecule has 3 nitrogen and oxygen atoms in total. The van der Waals surface area contributed by atoms with Gasteiger partial charge in [0.25, 0.3) is 0 Å². The first-order valence-electron chi connectivity index (χ1n) is 8.54. The van der Waals surface area contributed by atoms with Crippen LogP contribution in [0.1, 0.15) is 5.56 Å². The van der Waals surface area contributed by atoms with Crippen molar-refractivity contribution in [3.8, 4) is 22.4 Å². The third-order valence-corrected chi connectivity index (χ3v) is 5.60. The van der Waals surface area contributed by atoms with Gasteiger partial charge in [0.1, 0.15) is 0 Å². The van der Waals surface area contributed by atoms with Crippen molar-refractivity contribution in [1.29, 1.82) is 0 Å². The molecule has 0 aliphatic heterocycles. The number of nitrogens with zero attached hydrogens (tertiary/aromatic N) is 2. The molecule has 0 atom stereocenters. The Morgan fingerprint density at radius 1 is 0.821 bits per heavy atom. The predicted molar refractivity (Wildman–Crippen MR) is 121 cm³/mol. The standard InChI is InChI=1S/C22H15Cl2N3S/c23-19-11-10-18(12-20(19)24)16-8-6-15(7-9-16)13-25-27-22-26-21(14-28-22)17-4-2-1-3-5-17/h1-14H,(H,26,27). The van der Waals surface area contributed by atoms with Crippen LogP contribution in [0, 0.1) is 0 Å². The highest BCUT2D eigenvalue weighted by atomic mass is 35.5. The maximum absolute atomic E-state index is 6.10. The molecule has 0 saturated carbocycles. The van der Waals surface area contributed by atoms with Crippen molar-refractivity contribution < 1.29 is 0 Å². The Labute approximate surface area is 177 Å². The number of benzene rings is 3. The van der Waals surface area contributed by atoms with Crippen molar-refractivity contribution in [3.63, 3.8) is 0 Å². The van der Waals surface area contributed by atoms with Gasteiger partial charge in [-0.25, -0.2) is 4.98 Å². The summed E-state index contributed by atoms with van der Waals surface area (Å²) < 4.78 is 0. The molecule has 0 spiro atoms. The molecule has 6 heteroatoms. The number of hydrazone groups is 1. The zero-order chi connectivity index (χ0) is 19.3. The molecule has 1 aromatic heterocycles. The lowest BCUT2D eigenvalue weighted by Crippen LogP contribution is -1.90. The lowest BCUT2D eigenvalue weighted by molar-refractivity contribution is 1.29. The van der Waals surface area contributed by atoms with E-state index in [2.05, 4.69) is 15.5 Å². The summed E-state index contributed by atoms with van der Waals surface area (Å²) >= 11 is 13.6. The van der Waals surface area contributed by atoms with Crippen molar-refractivity contribution in [2.24, 2.45) is 5.10 Å². The van der Waals surface area contributed by atoms with E-state index in [1.54, 1.807) is 12.3 Å². The number of halogens is 2. The normalized spacial score (nSPS) is 11.1. The topological polar surface area (TPSA) is 37.3 Å². The predicted octanol–water partition coefficient (Wildman–Crippen LogP) is 7.23. The Balaban J connectivity index is 1.41. The van der Waals surface area contributed by atoms with Crippen molar-refractivity contribution >= 4 is 45.9 Å². The Bertz CT molecular complexity index is 1110. The molecule has 138 valence electrons. The first kappa shape index (κ1) is 18.7. The van der Waals surface area contributed by atoms with Crippen molar-refractivity contribution in [2.75, 3.05) is 5.43 Å². The largest absolute Gasteiger partial charge is 0.253 e. The maximum Gasteiger partial charge on any atom is 0.203 e. The smallest absolute Gasteiger partial charge is 0.203 e. The highest BCUT2D eigenvalue weighted by molar-refractivity contribution is 7.14. The molecule has 0 radical (unpaired) electrons. The highest BCUT2D eigenvalue weighted by Crippen LogP contribution is 2.28. The van der Waals surface area contributed by atoms with Crippen molar-refractivity contribution in [1.82, 2.24) is 4.98 Å². The van der Waals surface area contributed by atoms with Crippen LogP contribution in [0.4, 0.5) is 5.13 Å². The second-order valence-electron chi connectivity index (χ2n) is 6.02. The van der Waals surface area contributed by atoms with E-state index in [0.29, 0.717) is 10.0 Å². The van der Waals surface area contributed by atoms with Gasteiger partial charge in [0.15, 0.2) is 0 Å². The minimum absolute atomic E-state index is 0.548. The lowest BCUT2D eigenvalue weighted by Gasteiger charge is -2.04. The van der Waals surface area contributed by atoms with E-state index in [-0.39, 0.29) is 0 Å². The molecule has 0 aliphatic carbocycles. The quantitative estimate of drug-likeness (QED) is 0.271. The molecule has 0 saturated heterocycles. The number of rotatable bonds is 5. The molecular formula is C22H15Cl2N3S. The second-order valence-corrected chi connectivity index (χ2v) is 7.70. The van der Waals surface area contributed by atoms with E-state index in [0.717, 1.165) is 33.1 Å². The van der Waals surface area contributed by atoms with Gasteiger partial charge in [0.2, 0.25) is 5.13 Å². The molecule has 0 fully saturated rings. The van der Waals surface area contributed by atoms with Gasteiger partial charge >= 0.3 is 0 Å². The van der Waals surface area contributed by atoms with Crippen LogP contribution < -0.4 is 5.43 Å². The zero-order valence-electron chi connectivity index (χ0n) is 14.6. The first-order chi connectivity index (χ1) is 13.7. The van der Waals surface area contributed by atoms with Gasteiger partial charge in [0.05, 0.1) is 22.0 Å². The molecule has 4 rings (SSSR count). The van der Waals surface area contributed by atoms with Crippen molar-refractivity contribution in [3.05, 3.63) is 93.8 Å². The molecule has 1 heterocycles. The van der Waals surface area contributed by atoms with Crippen LogP contribution in [0.2, 0.25) is 10.0 Å². The average molecular weight is 424 g/mol. The summed E-state index contributed by atoms with van der Waals surface area (Å²) in [5.41, 5.74) is 8.09. The lowest BCUT2D eigenvalue weighted by atomic mass is 10.0. The molecular weight excluding hydrogens is 409 g/mol. The van der Waals surface area contributed by atoms with Gasteiger partial charge in [-0.1, -0.05) is 83.9 Å². The Morgan fingerprint density at radius 2 is 1.57 bits per heavy atom. The molecule has 1 N–H and O–H groups in total. The number of thiazole rings is 1. The number of hydrogen-bond acceptors (Lipinski definition) is 4. The van der Waals surface area contributed by atoms with Crippen molar-refractivity contribution in [2.45, 2.75) is 0 Å². The summed E-state index contributed by atoms with van der Waals surface area (Å²) in [6.45, 7) is 0. The summed E-state index contributed by atoms with van der Waals surface area (Å²) in [4.78, 5) is 4.55. The third kappa shape index (κ3) is 4.42. The highest BCUT2D eigenvalue weighted by Gasteiger charge is 2.04. The molecule has 0 aliphatic rings. The fourth-order valence-corrected chi connectivity index (χ4v) is 3.63. The van der Waals surface area contributed by atoms with Gasteiger partial charge in [-0.2, -0.15) is 5.10 Å².